The van der Waals surface area contributed by atoms with Gasteiger partial charge in [-0.15, -0.1) is 0 Å². The second-order valence-electron chi connectivity index (χ2n) is 9.28. The number of ether oxygens (including phenoxy) is 1. The normalized spacial score (nSPS) is 27.9. The van der Waals surface area contributed by atoms with Gasteiger partial charge in [-0.1, -0.05) is 27.7 Å². The van der Waals surface area contributed by atoms with E-state index in [1.54, 1.807) is 6.07 Å². The van der Waals surface area contributed by atoms with Crippen LogP contribution in [0.2, 0.25) is 18.1 Å². The zero-order chi connectivity index (χ0) is 19.7. The summed E-state index contributed by atoms with van der Waals surface area (Å²) in [6.07, 6.45) is -0.217. The van der Waals surface area contributed by atoms with Crippen molar-refractivity contribution in [2.45, 2.75) is 64.4 Å². The largest absolute Gasteiger partial charge is 0.491 e. The molecule has 0 fully saturated rings. The van der Waals surface area contributed by atoms with Crippen LogP contribution < -0.4 is 15.5 Å². The number of carbonyl (C=O) groups excluding carboxylic acids is 1. The first-order valence-electron chi connectivity index (χ1n) is 9.15. The fraction of sp³-hybridized carbons (Fsp3) is 0.684. The summed E-state index contributed by atoms with van der Waals surface area (Å²) in [5.74, 6) is -0.0433. The van der Waals surface area contributed by atoms with E-state index in [9.17, 15) is 9.59 Å². The van der Waals surface area contributed by atoms with E-state index < -0.39 is 8.32 Å². The molecule has 2 aliphatic rings. The number of hydrogen-bond acceptors (Lipinski definition) is 4. The first-order valence-corrected chi connectivity index (χ1v) is 12.1. The lowest BCUT2D eigenvalue weighted by Gasteiger charge is -2.41. The summed E-state index contributed by atoms with van der Waals surface area (Å²) in [7, 11) is -0.629. The lowest BCUT2D eigenvalue weighted by molar-refractivity contribution is 0.0729. The number of carbonyl (C=O) groups is 1. The molecular weight excluding hydrogens is 348 g/mol. The number of nitrogens with one attached hydrogen (secondary N) is 1. The Hall–Kier alpha value is -1.60. The number of pyridine rings is 1. The van der Waals surface area contributed by atoms with Gasteiger partial charge in [-0.25, -0.2) is 0 Å². The molecular formula is C19H30N2O4Si. The Morgan fingerprint density at radius 2 is 1.92 bits per heavy atom. The van der Waals surface area contributed by atoms with Crippen LogP contribution in [0.15, 0.2) is 10.9 Å². The molecule has 3 rings (SSSR count). The Morgan fingerprint density at radius 3 is 2.46 bits per heavy atom. The van der Waals surface area contributed by atoms with E-state index in [2.05, 4.69) is 53.0 Å². The van der Waals surface area contributed by atoms with E-state index in [1.165, 1.54) is 7.11 Å². The lowest BCUT2D eigenvalue weighted by Crippen LogP contribution is -2.52. The standard InChI is InChI=1S/C19H30N2O4Si/c1-11-15(25-26(7,8)18(2,3)4)12-9-13(22)16(24-6)14-17(23)20-10-19(11,5)21(12)14/h9,11,15H,10H2,1-8H3,(H,20,23). The predicted octanol–water partition coefficient (Wildman–Crippen LogP) is 3.03. The topological polar surface area (TPSA) is 69.6 Å². The molecule has 0 radical (unpaired) electrons. The Morgan fingerprint density at radius 1 is 1.31 bits per heavy atom. The van der Waals surface area contributed by atoms with Gasteiger partial charge in [0.05, 0.1) is 24.4 Å². The van der Waals surface area contributed by atoms with Crippen molar-refractivity contribution >= 4 is 14.2 Å². The monoisotopic (exact) mass is 378 g/mol. The summed E-state index contributed by atoms with van der Waals surface area (Å²) in [4.78, 5) is 25.2. The van der Waals surface area contributed by atoms with Gasteiger partial charge in [0.15, 0.2) is 19.8 Å². The molecule has 0 aliphatic carbocycles. The zero-order valence-corrected chi connectivity index (χ0v) is 18.0. The van der Waals surface area contributed by atoms with E-state index in [-0.39, 0.29) is 39.7 Å². The maximum Gasteiger partial charge on any atom is 0.272 e. The Balaban J connectivity index is 2.23. The second-order valence-corrected chi connectivity index (χ2v) is 14.0. The number of aromatic nitrogens is 1. The van der Waals surface area contributed by atoms with Gasteiger partial charge in [-0.3, -0.25) is 9.59 Å². The van der Waals surface area contributed by atoms with Gasteiger partial charge in [0, 0.05) is 18.5 Å². The number of amides is 1. The molecule has 1 aromatic heterocycles. The highest BCUT2D eigenvalue weighted by Gasteiger charge is 2.54. The van der Waals surface area contributed by atoms with Crippen LogP contribution in [0, 0.1) is 5.92 Å². The van der Waals surface area contributed by atoms with Crippen LogP contribution >= 0.6 is 0 Å². The van der Waals surface area contributed by atoms with Gasteiger partial charge in [-0.2, -0.15) is 0 Å². The molecule has 3 heterocycles. The van der Waals surface area contributed by atoms with Crippen LogP contribution in [0.4, 0.5) is 0 Å². The molecule has 7 heteroatoms. The lowest BCUT2D eigenvalue weighted by atomic mass is 9.85. The van der Waals surface area contributed by atoms with E-state index in [1.807, 2.05) is 4.57 Å². The fourth-order valence-corrected chi connectivity index (χ4v) is 5.11. The average Bonchev–Trinajstić information content (AvgIpc) is 2.72. The summed E-state index contributed by atoms with van der Waals surface area (Å²) in [5, 5.41) is 2.99. The van der Waals surface area contributed by atoms with Crippen LogP contribution in [0.1, 0.15) is 56.9 Å². The highest BCUT2D eigenvalue weighted by molar-refractivity contribution is 6.74. The molecule has 6 nitrogen and oxygen atoms in total. The number of methoxy groups -OCH3 is 1. The van der Waals surface area contributed by atoms with E-state index in [4.69, 9.17) is 9.16 Å². The maximum absolute atomic E-state index is 12.6. The molecule has 1 amide bonds. The van der Waals surface area contributed by atoms with Crippen molar-refractivity contribution < 1.29 is 14.0 Å². The first-order chi connectivity index (χ1) is 11.8. The second kappa shape index (κ2) is 5.69. The third-order valence-corrected chi connectivity index (χ3v) is 11.1. The zero-order valence-electron chi connectivity index (χ0n) is 17.0. The summed E-state index contributed by atoms with van der Waals surface area (Å²) in [6, 6.07) is 1.60. The minimum Gasteiger partial charge on any atom is -0.491 e. The fourth-order valence-electron chi connectivity index (χ4n) is 3.80. The minimum absolute atomic E-state index is 0.0559. The van der Waals surface area contributed by atoms with Crippen molar-refractivity contribution in [1.29, 1.82) is 0 Å². The molecule has 3 unspecified atom stereocenters. The molecule has 1 N–H and O–H groups in total. The molecule has 3 atom stereocenters. The van der Waals surface area contributed by atoms with Gasteiger partial charge in [-0.05, 0) is 25.1 Å². The van der Waals surface area contributed by atoms with Gasteiger partial charge >= 0.3 is 0 Å². The smallest absolute Gasteiger partial charge is 0.272 e. The van der Waals surface area contributed by atoms with Crippen LogP contribution in [0.25, 0.3) is 0 Å². The molecule has 1 aromatic rings. The van der Waals surface area contributed by atoms with E-state index >= 15 is 0 Å². The summed E-state index contributed by atoms with van der Waals surface area (Å²) in [5.41, 5.74) is 0.482. The van der Waals surface area contributed by atoms with Crippen molar-refractivity contribution in [1.82, 2.24) is 9.88 Å². The Bertz CT molecular complexity index is 824. The molecule has 0 bridgehead atoms. The van der Waals surface area contributed by atoms with Gasteiger partial charge in [0.1, 0.15) is 0 Å². The molecule has 0 saturated heterocycles. The van der Waals surface area contributed by atoms with Crippen molar-refractivity contribution in [3.63, 3.8) is 0 Å². The third kappa shape index (κ3) is 2.47. The Kier molecular flexibility index (Phi) is 4.20. The number of hydrogen-bond donors (Lipinski definition) is 1. The van der Waals surface area contributed by atoms with Crippen LogP contribution in [-0.4, -0.2) is 32.4 Å². The molecule has 0 saturated carbocycles. The molecule has 0 spiro atoms. The molecule has 26 heavy (non-hydrogen) atoms. The Labute approximate surface area is 156 Å². The quantitative estimate of drug-likeness (QED) is 0.821. The van der Waals surface area contributed by atoms with Gasteiger partial charge in [0.25, 0.3) is 5.91 Å². The van der Waals surface area contributed by atoms with Gasteiger partial charge in [0.2, 0.25) is 5.43 Å². The molecule has 144 valence electrons. The number of rotatable bonds is 3. The first kappa shape index (κ1) is 19.2. The van der Waals surface area contributed by atoms with Crippen molar-refractivity contribution in [3.05, 3.63) is 27.7 Å². The van der Waals surface area contributed by atoms with Crippen LogP contribution in [0.3, 0.4) is 0 Å². The SMILES string of the molecule is COc1c2n3c(cc1=O)C(O[Si](C)(C)C(C)(C)C)C(C)C3(C)CNC2=O. The molecule has 0 aromatic carbocycles. The van der Waals surface area contributed by atoms with E-state index in [0.29, 0.717) is 12.2 Å². The van der Waals surface area contributed by atoms with Crippen LogP contribution in [0.5, 0.6) is 5.75 Å². The van der Waals surface area contributed by atoms with Crippen molar-refractivity contribution in [3.8, 4) is 5.75 Å². The van der Waals surface area contributed by atoms with Crippen molar-refractivity contribution in [2.24, 2.45) is 5.92 Å². The number of nitrogens with zero attached hydrogens (tertiary/aromatic N) is 1. The van der Waals surface area contributed by atoms with Crippen LogP contribution in [-0.2, 0) is 9.96 Å². The highest BCUT2D eigenvalue weighted by Crippen LogP contribution is 2.51. The maximum atomic E-state index is 12.6. The average molecular weight is 379 g/mol. The summed E-state index contributed by atoms with van der Waals surface area (Å²) >= 11 is 0. The van der Waals surface area contributed by atoms with E-state index in [0.717, 1.165) is 5.69 Å². The van der Waals surface area contributed by atoms with Crippen molar-refractivity contribution in [2.75, 3.05) is 13.7 Å². The molecule has 2 aliphatic heterocycles. The predicted molar refractivity (Wildman–Crippen MR) is 103 cm³/mol. The van der Waals surface area contributed by atoms with Gasteiger partial charge < -0.3 is 19.0 Å². The third-order valence-electron chi connectivity index (χ3n) is 6.69. The minimum atomic E-state index is -2.06. The summed E-state index contributed by atoms with van der Waals surface area (Å²) < 4.78 is 14.0. The summed E-state index contributed by atoms with van der Waals surface area (Å²) in [6.45, 7) is 15.8. The highest BCUT2D eigenvalue weighted by atomic mass is 28.4.